The summed E-state index contributed by atoms with van der Waals surface area (Å²) >= 11 is 0. The quantitative estimate of drug-likeness (QED) is 0.372. The smallest absolute Gasteiger partial charge is 0.158 e. The van der Waals surface area contributed by atoms with Gasteiger partial charge in [0, 0.05) is 12.3 Å². The van der Waals surface area contributed by atoms with Crippen molar-refractivity contribution in [1.29, 1.82) is 0 Å². The molecule has 0 aromatic heterocycles. The zero-order valence-electron chi connectivity index (χ0n) is 11.4. The van der Waals surface area contributed by atoms with E-state index in [2.05, 4.69) is 26.5 Å². The fraction of sp³-hybridized carbons (Fsp3) is 0.688. The SMILES string of the molecule is C=C1C(=O)C[C@H]2[C@@H]1CC/C(C)=C/CC[C@@]1(C)O[C@@H]21. The van der Waals surface area contributed by atoms with Crippen LogP contribution in [0.15, 0.2) is 23.8 Å². The predicted molar refractivity (Wildman–Crippen MR) is 71.2 cm³/mol. The number of carbonyl (C=O) groups is 1. The summed E-state index contributed by atoms with van der Waals surface area (Å²) in [5.41, 5.74) is 2.32. The Kier molecular flexibility index (Phi) is 2.74. The summed E-state index contributed by atoms with van der Waals surface area (Å²) in [6.45, 7) is 8.42. The third-order valence-electron chi connectivity index (χ3n) is 5.06. The monoisotopic (exact) mass is 246 g/mol. The number of rotatable bonds is 0. The number of hydrogen-bond donors (Lipinski definition) is 0. The molecular formula is C16H22O2. The maximum atomic E-state index is 11.9. The molecule has 1 heterocycles. The van der Waals surface area contributed by atoms with Crippen LogP contribution in [0, 0.1) is 11.8 Å². The molecule has 2 aliphatic carbocycles. The molecular weight excluding hydrogens is 224 g/mol. The third kappa shape index (κ3) is 1.87. The van der Waals surface area contributed by atoms with Crippen LogP contribution < -0.4 is 0 Å². The van der Waals surface area contributed by atoms with Gasteiger partial charge in [-0.25, -0.2) is 0 Å². The van der Waals surface area contributed by atoms with Gasteiger partial charge in [0.25, 0.3) is 0 Å². The fourth-order valence-corrected chi connectivity index (χ4v) is 3.75. The number of hydrogen-bond acceptors (Lipinski definition) is 2. The van der Waals surface area contributed by atoms with Crippen molar-refractivity contribution in [2.75, 3.05) is 0 Å². The van der Waals surface area contributed by atoms with Gasteiger partial charge in [-0.05, 0) is 51.0 Å². The largest absolute Gasteiger partial charge is 0.366 e. The van der Waals surface area contributed by atoms with E-state index < -0.39 is 0 Å². The Hall–Kier alpha value is -0.890. The molecule has 0 unspecified atom stereocenters. The molecule has 2 fully saturated rings. The molecule has 3 aliphatic rings. The molecule has 0 amide bonds. The van der Waals surface area contributed by atoms with Crippen LogP contribution in [0.2, 0.25) is 0 Å². The van der Waals surface area contributed by atoms with E-state index in [1.807, 2.05) is 0 Å². The van der Waals surface area contributed by atoms with E-state index >= 15 is 0 Å². The van der Waals surface area contributed by atoms with Crippen LogP contribution in [0.3, 0.4) is 0 Å². The van der Waals surface area contributed by atoms with Gasteiger partial charge in [-0.2, -0.15) is 0 Å². The Labute approximate surface area is 109 Å². The first-order valence-electron chi connectivity index (χ1n) is 7.07. The predicted octanol–water partition coefficient (Wildman–Crippen LogP) is 3.43. The van der Waals surface area contributed by atoms with Gasteiger partial charge in [0.2, 0.25) is 0 Å². The van der Waals surface area contributed by atoms with Crippen molar-refractivity contribution in [3.8, 4) is 0 Å². The first-order chi connectivity index (χ1) is 8.51. The lowest BCUT2D eigenvalue weighted by Crippen LogP contribution is -2.22. The Morgan fingerprint density at radius 1 is 1.50 bits per heavy atom. The van der Waals surface area contributed by atoms with Gasteiger partial charge in [0.15, 0.2) is 5.78 Å². The Bertz CT molecular complexity index is 434. The Balaban J connectivity index is 1.87. The summed E-state index contributed by atoms with van der Waals surface area (Å²) in [6, 6.07) is 0. The highest BCUT2D eigenvalue weighted by atomic mass is 16.6. The van der Waals surface area contributed by atoms with Crippen LogP contribution in [0.1, 0.15) is 46.0 Å². The lowest BCUT2D eigenvalue weighted by molar-refractivity contribution is -0.114. The van der Waals surface area contributed by atoms with Crippen molar-refractivity contribution in [2.45, 2.75) is 57.7 Å². The first kappa shape index (κ1) is 12.2. The van der Waals surface area contributed by atoms with Gasteiger partial charge < -0.3 is 4.74 Å². The van der Waals surface area contributed by atoms with Crippen molar-refractivity contribution in [3.63, 3.8) is 0 Å². The summed E-state index contributed by atoms with van der Waals surface area (Å²) in [5, 5.41) is 0. The third-order valence-corrected chi connectivity index (χ3v) is 5.06. The second-order valence-corrected chi connectivity index (χ2v) is 6.40. The number of epoxide rings is 1. The maximum Gasteiger partial charge on any atom is 0.158 e. The highest BCUT2D eigenvalue weighted by Crippen LogP contribution is 2.53. The second kappa shape index (κ2) is 4.06. The minimum atomic E-state index is 0.0158. The highest BCUT2D eigenvalue weighted by molar-refractivity contribution is 5.98. The molecule has 2 heteroatoms. The van der Waals surface area contributed by atoms with E-state index in [1.165, 1.54) is 5.57 Å². The van der Waals surface area contributed by atoms with Crippen LogP contribution in [0.4, 0.5) is 0 Å². The molecule has 0 aromatic rings. The van der Waals surface area contributed by atoms with Gasteiger partial charge in [-0.3, -0.25) is 4.79 Å². The van der Waals surface area contributed by atoms with Crippen molar-refractivity contribution >= 4 is 5.78 Å². The van der Waals surface area contributed by atoms with E-state index in [-0.39, 0.29) is 17.5 Å². The van der Waals surface area contributed by atoms with E-state index in [0.717, 1.165) is 31.3 Å². The molecule has 0 aromatic carbocycles. The molecule has 0 N–H and O–H groups in total. The van der Waals surface area contributed by atoms with E-state index in [1.54, 1.807) is 0 Å². The van der Waals surface area contributed by atoms with Crippen LogP contribution >= 0.6 is 0 Å². The van der Waals surface area contributed by atoms with Gasteiger partial charge in [0.05, 0.1) is 11.7 Å². The van der Waals surface area contributed by atoms with Crippen LogP contribution in [-0.2, 0) is 9.53 Å². The minimum absolute atomic E-state index is 0.0158. The normalized spacial score (nSPS) is 47.0. The van der Waals surface area contributed by atoms with Crippen LogP contribution in [-0.4, -0.2) is 17.5 Å². The Morgan fingerprint density at radius 3 is 3.06 bits per heavy atom. The van der Waals surface area contributed by atoms with E-state index in [0.29, 0.717) is 18.3 Å². The molecule has 1 saturated carbocycles. The average molecular weight is 246 g/mol. The lowest BCUT2D eigenvalue weighted by atomic mass is 9.81. The van der Waals surface area contributed by atoms with Gasteiger partial charge >= 0.3 is 0 Å². The number of allylic oxidation sites excluding steroid dienone is 3. The van der Waals surface area contributed by atoms with Crippen LogP contribution in [0.25, 0.3) is 0 Å². The molecule has 2 nitrogen and oxygen atoms in total. The molecule has 4 atom stereocenters. The van der Waals surface area contributed by atoms with Crippen molar-refractivity contribution in [3.05, 3.63) is 23.8 Å². The van der Waals surface area contributed by atoms with Crippen molar-refractivity contribution < 1.29 is 9.53 Å². The molecule has 1 saturated heterocycles. The van der Waals surface area contributed by atoms with Gasteiger partial charge in [0.1, 0.15) is 0 Å². The average Bonchev–Trinajstić information content (AvgIpc) is 2.90. The molecule has 3 rings (SSSR count). The summed E-state index contributed by atoms with van der Waals surface area (Å²) in [4.78, 5) is 11.9. The molecule has 0 radical (unpaired) electrons. The number of fused-ring (bicyclic) bond motifs is 3. The van der Waals surface area contributed by atoms with Crippen LogP contribution in [0.5, 0.6) is 0 Å². The standard InChI is InChI=1S/C16H22O2/c1-10-5-4-8-16(3)15(18-16)13-9-14(17)11(2)12(13)7-6-10/h5,12-13,15H,2,4,6-9H2,1,3H3/b10-5+/t12-,13+,15+,16-/m1/s1. The maximum absolute atomic E-state index is 11.9. The van der Waals surface area contributed by atoms with Crippen molar-refractivity contribution in [2.24, 2.45) is 11.8 Å². The molecule has 98 valence electrons. The lowest BCUT2D eigenvalue weighted by Gasteiger charge is -2.20. The summed E-state index contributed by atoms with van der Waals surface area (Å²) in [7, 11) is 0. The summed E-state index contributed by atoms with van der Waals surface area (Å²) in [5.74, 6) is 1.01. The summed E-state index contributed by atoms with van der Waals surface area (Å²) in [6.07, 6.45) is 7.63. The number of ketones is 1. The van der Waals surface area contributed by atoms with Gasteiger partial charge in [-0.15, -0.1) is 0 Å². The number of ether oxygens (including phenoxy) is 1. The van der Waals surface area contributed by atoms with E-state index in [9.17, 15) is 4.79 Å². The van der Waals surface area contributed by atoms with Gasteiger partial charge in [-0.1, -0.05) is 18.2 Å². The topological polar surface area (TPSA) is 29.6 Å². The molecule has 18 heavy (non-hydrogen) atoms. The zero-order valence-corrected chi connectivity index (χ0v) is 11.4. The number of Topliss-reactive ketones (excluding diaryl/α,β-unsaturated/α-hetero) is 1. The minimum Gasteiger partial charge on any atom is -0.366 e. The van der Waals surface area contributed by atoms with Crippen molar-refractivity contribution in [1.82, 2.24) is 0 Å². The highest BCUT2D eigenvalue weighted by Gasteiger charge is 2.59. The number of carbonyl (C=O) groups excluding carboxylic acids is 1. The zero-order chi connectivity index (χ0) is 12.9. The van der Waals surface area contributed by atoms with E-state index in [4.69, 9.17) is 4.74 Å². The second-order valence-electron chi connectivity index (χ2n) is 6.40. The first-order valence-corrected chi connectivity index (χ1v) is 7.07. The summed E-state index contributed by atoms with van der Waals surface area (Å²) < 4.78 is 5.96. The molecule has 1 aliphatic heterocycles. The molecule has 0 spiro atoms. The fourth-order valence-electron chi connectivity index (χ4n) is 3.75. The molecule has 0 bridgehead atoms. The Morgan fingerprint density at radius 2 is 2.28 bits per heavy atom.